The zero-order valence-electron chi connectivity index (χ0n) is 81.2. The molecule has 0 aliphatic heterocycles. The summed E-state index contributed by atoms with van der Waals surface area (Å²) in [5, 5.41) is 4.85. The number of unbranched alkanes of at least 4 members (excludes halogenated alkanes) is 6. The molecule has 2 unspecified atom stereocenters. The van der Waals surface area contributed by atoms with Crippen molar-refractivity contribution in [1.82, 2.24) is 9.13 Å². The molecule has 21 aromatic rings. The van der Waals surface area contributed by atoms with Gasteiger partial charge < -0.3 is 37.9 Å². The van der Waals surface area contributed by atoms with Crippen LogP contribution in [-0.4, -0.2) is 22.3 Å². The molecule has 0 fully saturated rings. The second-order valence-corrected chi connectivity index (χ2v) is 38.4. The third kappa shape index (κ3) is 18.1. The van der Waals surface area contributed by atoms with Gasteiger partial charge in [-0.25, -0.2) is 0 Å². The van der Waals surface area contributed by atoms with Crippen molar-refractivity contribution in [1.29, 1.82) is 0 Å². The number of nitrogens with zero attached hydrogens (tertiary/aromatic N) is 4. The molecule has 0 saturated heterocycles. The van der Waals surface area contributed by atoms with Gasteiger partial charge in [-0.3, -0.25) is 0 Å². The molecule has 0 spiro atoms. The first-order valence-electron chi connectivity index (χ1n) is 51.0. The third-order valence-corrected chi connectivity index (χ3v) is 29.8. The van der Waals surface area contributed by atoms with E-state index in [9.17, 15) is 0 Å². The molecule has 2 aromatic heterocycles. The smallest absolute Gasteiger partial charge is 0.119 e. The second-order valence-electron chi connectivity index (χ2n) is 38.4. The SMILES string of the molecule is C=Cc1ccc(OCCCCCCC2(c3ccccc3)c3ccccc3-c3ccc(N(c4ccccc4)c4ccc(-c5ccc6c(c5)c5ccccc5n6-c5ccc(COCc6ccc(COCc7ccc(-n8c9ccccc9c9cc(-c%10ccc(N(c%11ccccc%11)c%11ccc%12c(c%11)C(CCCCCCOc%11ccc(C=C)cc%11)(c%11ccccc%11)c%11ccccc%11-%12)cc%10)ccc98)cc7)cc6)cc5)cc4)cc32)cc1. The number of hydrogen-bond acceptors (Lipinski definition) is 6. The van der Waals surface area contributed by atoms with E-state index in [4.69, 9.17) is 18.9 Å². The van der Waals surface area contributed by atoms with Crippen molar-refractivity contribution in [2.75, 3.05) is 23.0 Å². The van der Waals surface area contributed by atoms with Gasteiger partial charge in [0, 0.05) is 77.9 Å². The average molecular weight is 1870 g/mol. The zero-order valence-corrected chi connectivity index (χ0v) is 81.2. The van der Waals surface area contributed by atoms with Crippen molar-refractivity contribution in [2.24, 2.45) is 0 Å². The maximum Gasteiger partial charge on any atom is 0.119 e. The molecule has 0 N–H and O–H groups in total. The second kappa shape index (κ2) is 41.3. The molecule has 2 heterocycles. The van der Waals surface area contributed by atoms with Gasteiger partial charge in [-0.05, 0) is 295 Å². The molecule has 0 bridgehead atoms. The zero-order chi connectivity index (χ0) is 96.5. The molecule has 702 valence electrons. The van der Waals surface area contributed by atoms with Crippen LogP contribution in [0.2, 0.25) is 0 Å². The highest BCUT2D eigenvalue weighted by Gasteiger charge is 2.46. The Bertz CT molecular complexity index is 7640. The Kier molecular flexibility index (Phi) is 26.1. The van der Waals surface area contributed by atoms with E-state index in [1.54, 1.807) is 0 Å². The lowest BCUT2D eigenvalue weighted by molar-refractivity contribution is 0.105. The van der Waals surface area contributed by atoms with E-state index in [1.807, 2.05) is 36.4 Å². The summed E-state index contributed by atoms with van der Waals surface area (Å²) in [5.74, 6) is 1.82. The fraction of sp³-hybridized carbons (Fsp3) is 0.132. The maximum atomic E-state index is 6.40. The summed E-state index contributed by atoms with van der Waals surface area (Å²) >= 11 is 0. The van der Waals surface area contributed by atoms with Crippen LogP contribution in [0.5, 0.6) is 11.5 Å². The summed E-state index contributed by atoms with van der Waals surface area (Å²) in [7, 11) is 0. The minimum absolute atomic E-state index is 0.331. The van der Waals surface area contributed by atoms with Gasteiger partial charge in [-0.2, -0.15) is 0 Å². The van der Waals surface area contributed by atoms with E-state index >= 15 is 0 Å². The van der Waals surface area contributed by atoms with Crippen molar-refractivity contribution >= 4 is 89.9 Å². The van der Waals surface area contributed by atoms with Gasteiger partial charge in [-0.15, -0.1) is 0 Å². The monoisotopic (exact) mass is 1870 g/mol. The number of aromatic nitrogens is 2. The molecule has 2 atom stereocenters. The molecule has 2 aliphatic carbocycles. The highest BCUT2D eigenvalue weighted by atomic mass is 16.5. The number of rotatable bonds is 38. The van der Waals surface area contributed by atoms with Crippen molar-refractivity contribution in [3.63, 3.8) is 0 Å². The van der Waals surface area contributed by atoms with Crippen LogP contribution >= 0.6 is 0 Å². The van der Waals surface area contributed by atoms with Crippen LogP contribution in [0, 0.1) is 0 Å². The summed E-state index contributed by atoms with van der Waals surface area (Å²) in [5.41, 5.74) is 37.6. The predicted octanol–water partition coefficient (Wildman–Crippen LogP) is 35.6. The van der Waals surface area contributed by atoms with E-state index in [2.05, 4.69) is 469 Å². The molecule has 8 heteroatoms. The van der Waals surface area contributed by atoms with Crippen LogP contribution < -0.4 is 19.3 Å². The minimum Gasteiger partial charge on any atom is -0.494 e. The van der Waals surface area contributed by atoms with Gasteiger partial charge >= 0.3 is 0 Å². The molecule has 2 aliphatic rings. The van der Waals surface area contributed by atoms with E-state index in [0.717, 1.165) is 177 Å². The normalized spacial score (nSPS) is 13.9. The maximum absolute atomic E-state index is 6.40. The summed E-state index contributed by atoms with van der Waals surface area (Å²) < 4.78 is 29.9. The lowest BCUT2D eigenvalue weighted by Crippen LogP contribution is -2.27. The molecular formula is C136H114N4O4. The van der Waals surface area contributed by atoms with Crippen LogP contribution in [0.3, 0.4) is 0 Å². The van der Waals surface area contributed by atoms with Gasteiger partial charge in [0.05, 0.1) is 61.7 Å². The fourth-order valence-electron chi connectivity index (χ4n) is 22.7. The van der Waals surface area contributed by atoms with Crippen molar-refractivity contribution in [3.8, 4) is 67.4 Å². The van der Waals surface area contributed by atoms with Gasteiger partial charge in [0.2, 0.25) is 0 Å². The Morgan fingerprint density at radius 3 is 0.938 bits per heavy atom. The summed E-state index contributed by atoms with van der Waals surface area (Å²) in [6.45, 7) is 11.2. The van der Waals surface area contributed by atoms with Crippen molar-refractivity contribution < 1.29 is 18.9 Å². The molecule has 0 saturated carbocycles. The number of ether oxygens (including phenoxy) is 4. The Labute approximate surface area is 845 Å². The molecule has 144 heavy (non-hydrogen) atoms. The minimum atomic E-state index is -0.331. The summed E-state index contributed by atoms with van der Waals surface area (Å²) in [6.07, 6.45) is 14.3. The van der Waals surface area contributed by atoms with Gasteiger partial charge in [0.25, 0.3) is 0 Å². The number of benzene rings is 19. The van der Waals surface area contributed by atoms with Crippen LogP contribution in [0.15, 0.2) is 474 Å². The lowest BCUT2D eigenvalue weighted by Gasteiger charge is -2.34. The standard InChI is InChI=1S/C136H114N4O4/c1-3-97-57-77-117(78-58-97)143-87-31-7-5-29-85-135(107-33-13-9-14-34-107)127-45-25-21-41-119(127)121-81-75-115(91-129(121)135)137(109-37-17-11-18-38-109)111-71-61-103(62-72-111)105-65-83-133-125(89-105)123-43-23-27-47-131(123)139(133)113-67-53-101(54-68-113)95-141-93-99-49-51-100(52-50-99)94-142-96-102-55-69-114(70-56-102)140-132-48-28-24-44-124(132)126-90-106(66-84-134(126)140)104-63-73-112(74-64-104)138(110-39-19-12-20-40-110)116-76-82-122-120-42-22-26-46-128(120)136(130(122)92-116,108-35-15-10-16-36-108)86-30-6-8-32-88-144-118-79-59-98(4-2)60-80-118/h3-4,9-28,33-84,89-92H,1-2,5-8,29-32,85-88,93-96H2. The summed E-state index contributed by atoms with van der Waals surface area (Å²) in [6, 6.07) is 169. The van der Waals surface area contributed by atoms with E-state index < -0.39 is 0 Å². The third-order valence-electron chi connectivity index (χ3n) is 29.8. The van der Waals surface area contributed by atoms with Crippen LogP contribution in [0.25, 0.3) is 112 Å². The van der Waals surface area contributed by atoms with Gasteiger partial charge in [0.1, 0.15) is 11.5 Å². The van der Waals surface area contributed by atoms with E-state index in [0.29, 0.717) is 39.6 Å². The largest absolute Gasteiger partial charge is 0.494 e. The highest BCUT2D eigenvalue weighted by molar-refractivity contribution is 6.12. The molecular weight excluding hydrogens is 1750 g/mol. The molecule has 8 nitrogen and oxygen atoms in total. The van der Waals surface area contributed by atoms with Gasteiger partial charge in [-0.1, -0.05) is 367 Å². The van der Waals surface area contributed by atoms with E-state index in [-0.39, 0.29) is 10.8 Å². The fourth-order valence-corrected chi connectivity index (χ4v) is 22.7. The predicted molar refractivity (Wildman–Crippen MR) is 599 cm³/mol. The summed E-state index contributed by atoms with van der Waals surface area (Å²) in [4.78, 5) is 4.85. The Morgan fingerprint density at radius 1 is 0.236 bits per heavy atom. The number of fused-ring (bicyclic) bond motifs is 12. The number of hydrogen-bond donors (Lipinski definition) is 0. The highest BCUT2D eigenvalue weighted by Crippen LogP contribution is 2.59. The van der Waals surface area contributed by atoms with Crippen LogP contribution in [0.1, 0.15) is 131 Å². The first-order chi connectivity index (χ1) is 71.3. The Hall–Kier alpha value is -16.6. The molecule has 19 aromatic carbocycles. The number of anilines is 6. The quantitative estimate of drug-likeness (QED) is 0.0360. The van der Waals surface area contributed by atoms with Crippen LogP contribution in [-0.2, 0) is 46.7 Å². The number of para-hydroxylation sites is 4. The Balaban J connectivity index is 0.421. The first kappa shape index (κ1) is 91.2. The molecule has 0 amide bonds. The average Bonchev–Trinajstić information content (AvgIpc) is 1.55. The molecule has 23 rings (SSSR count). The topological polar surface area (TPSA) is 53.3 Å². The van der Waals surface area contributed by atoms with Crippen molar-refractivity contribution in [3.05, 3.63) is 541 Å². The Morgan fingerprint density at radius 2 is 0.549 bits per heavy atom. The first-order valence-corrected chi connectivity index (χ1v) is 51.0. The lowest BCUT2D eigenvalue weighted by atomic mass is 9.69. The van der Waals surface area contributed by atoms with E-state index in [1.165, 1.54) is 99.3 Å². The van der Waals surface area contributed by atoms with Gasteiger partial charge in [0.15, 0.2) is 0 Å². The van der Waals surface area contributed by atoms with Crippen LogP contribution in [0.4, 0.5) is 34.1 Å². The molecule has 0 radical (unpaired) electrons. The van der Waals surface area contributed by atoms with Crippen molar-refractivity contribution in [2.45, 2.75) is 101 Å².